The van der Waals surface area contributed by atoms with Crippen molar-refractivity contribution in [3.8, 4) is 22.7 Å². The molecule has 5 heterocycles. The van der Waals surface area contributed by atoms with Gasteiger partial charge in [0.25, 0.3) is 0 Å². The summed E-state index contributed by atoms with van der Waals surface area (Å²) in [5, 5.41) is 9.93. The zero-order chi connectivity index (χ0) is 25.7. The van der Waals surface area contributed by atoms with E-state index in [4.69, 9.17) is 9.84 Å². The number of likely N-dealkylation sites (tertiary alicyclic amines) is 1. The maximum absolute atomic E-state index is 13.1. The zero-order valence-electron chi connectivity index (χ0n) is 20.7. The standard InChI is InChI=1S/C25H26N8O3S/c1-16-19-12-27-21(20-13-28-32-8-4-7-26-25(20)32)10-22(19)33(30-16)23-9-18(5-6-24(23)36-3)37(34,35)29-11-17-14-31(2)15-17/h4-10,12-13,17,29H,11,14-15H2,1-3H3. The molecule has 4 aromatic heterocycles. The van der Waals surface area contributed by atoms with Gasteiger partial charge in [0.2, 0.25) is 10.0 Å². The number of aryl methyl sites for hydroxylation is 1. The molecule has 1 aliphatic heterocycles. The van der Waals surface area contributed by atoms with E-state index >= 15 is 0 Å². The Hall–Kier alpha value is -3.87. The van der Waals surface area contributed by atoms with Gasteiger partial charge in [0.1, 0.15) is 11.4 Å². The summed E-state index contributed by atoms with van der Waals surface area (Å²) in [6.45, 7) is 4.06. The van der Waals surface area contributed by atoms with Crippen LogP contribution in [0.1, 0.15) is 5.69 Å². The predicted molar refractivity (Wildman–Crippen MR) is 138 cm³/mol. The average molecular weight is 519 g/mol. The number of rotatable bonds is 7. The zero-order valence-corrected chi connectivity index (χ0v) is 21.5. The number of benzene rings is 1. The summed E-state index contributed by atoms with van der Waals surface area (Å²) in [5.74, 6) is 0.815. The summed E-state index contributed by atoms with van der Waals surface area (Å²) >= 11 is 0. The lowest BCUT2D eigenvalue weighted by atomic mass is 10.0. The van der Waals surface area contributed by atoms with Crippen molar-refractivity contribution >= 4 is 26.6 Å². The first-order valence-corrected chi connectivity index (χ1v) is 13.3. The molecule has 6 rings (SSSR count). The Morgan fingerprint density at radius 2 is 2.00 bits per heavy atom. The van der Waals surface area contributed by atoms with Gasteiger partial charge in [-0.15, -0.1) is 0 Å². The summed E-state index contributed by atoms with van der Waals surface area (Å²) in [5.41, 5.74) is 4.18. The molecule has 0 bridgehead atoms. The summed E-state index contributed by atoms with van der Waals surface area (Å²) in [4.78, 5) is 11.4. The maximum atomic E-state index is 13.1. The van der Waals surface area contributed by atoms with Gasteiger partial charge in [-0.05, 0) is 50.2 Å². The molecule has 1 aliphatic rings. The van der Waals surface area contributed by atoms with Gasteiger partial charge in [-0.2, -0.15) is 10.2 Å². The van der Waals surface area contributed by atoms with Gasteiger partial charge in [-0.3, -0.25) is 4.98 Å². The van der Waals surface area contributed by atoms with Gasteiger partial charge in [0.05, 0.1) is 40.7 Å². The fourth-order valence-corrected chi connectivity index (χ4v) is 5.90. The number of pyridine rings is 1. The van der Waals surface area contributed by atoms with Crippen molar-refractivity contribution in [2.45, 2.75) is 11.8 Å². The first-order valence-electron chi connectivity index (χ1n) is 11.8. The van der Waals surface area contributed by atoms with Crippen LogP contribution < -0.4 is 9.46 Å². The monoisotopic (exact) mass is 518 g/mol. The molecule has 0 spiro atoms. The minimum absolute atomic E-state index is 0.151. The highest BCUT2D eigenvalue weighted by Crippen LogP contribution is 2.32. The molecular formula is C25H26N8O3S. The normalized spacial score (nSPS) is 14.9. The second-order valence-electron chi connectivity index (χ2n) is 9.30. The largest absolute Gasteiger partial charge is 0.494 e. The Kier molecular flexibility index (Phi) is 5.66. The van der Waals surface area contributed by atoms with Gasteiger partial charge in [0.15, 0.2) is 5.65 Å². The molecule has 0 radical (unpaired) electrons. The van der Waals surface area contributed by atoms with Gasteiger partial charge in [-0.25, -0.2) is 27.3 Å². The van der Waals surface area contributed by atoms with Gasteiger partial charge < -0.3 is 9.64 Å². The van der Waals surface area contributed by atoms with Crippen LogP contribution in [-0.2, 0) is 10.0 Å². The van der Waals surface area contributed by atoms with E-state index in [2.05, 4.69) is 24.7 Å². The van der Waals surface area contributed by atoms with E-state index < -0.39 is 10.0 Å². The second-order valence-corrected chi connectivity index (χ2v) is 11.1. The van der Waals surface area contributed by atoms with Gasteiger partial charge in [-0.1, -0.05) is 0 Å². The van der Waals surface area contributed by atoms with Crippen LogP contribution in [0.5, 0.6) is 5.75 Å². The third kappa shape index (κ3) is 4.12. The van der Waals surface area contributed by atoms with E-state index in [1.54, 1.807) is 53.1 Å². The van der Waals surface area contributed by atoms with E-state index in [1.807, 2.05) is 32.3 Å². The van der Waals surface area contributed by atoms with Crippen LogP contribution in [0.4, 0.5) is 0 Å². The van der Waals surface area contributed by atoms with Crippen molar-refractivity contribution in [1.82, 2.24) is 39.0 Å². The molecule has 1 saturated heterocycles. The number of fused-ring (bicyclic) bond motifs is 2. The summed E-state index contributed by atoms with van der Waals surface area (Å²) in [7, 11) is -0.148. The quantitative estimate of drug-likeness (QED) is 0.349. The SMILES string of the molecule is COc1ccc(S(=O)(=O)NCC2CN(C)C2)cc1-n1nc(C)c2cnc(-c3cnn4cccnc34)cc21. The van der Waals surface area contributed by atoms with Crippen molar-refractivity contribution in [2.24, 2.45) is 5.92 Å². The Labute approximate surface area is 213 Å². The van der Waals surface area contributed by atoms with Gasteiger partial charge >= 0.3 is 0 Å². The third-order valence-corrected chi connectivity index (χ3v) is 8.12. The summed E-state index contributed by atoms with van der Waals surface area (Å²) in [6.07, 6.45) is 7.03. The molecule has 0 unspecified atom stereocenters. The Balaban J connectivity index is 1.43. The minimum Gasteiger partial charge on any atom is -0.494 e. The first-order chi connectivity index (χ1) is 17.8. The van der Waals surface area contributed by atoms with Crippen LogP contribution in [0.3, 0.4) is 0 Å². The number of methoxy groups -OCH3 is 1. The van der Waals surface area contributed by atoms with Crippen molar-refractivity contribution in [2.75, 3.05) is 33.8 Å². The third-order valence-electron chi connectivity index (χ3n) is 6.70. The molecule has 37 heavy (non-hydrogen) atoms. The molecule has 11 nitrogen and oxygen atoms in total. The van der Waals surface area contributed by atoms with Crippen LogP contribution in [0, 0.1) is 12.8 Å². The Morgan fingerprint density at radius 1 is 1.16 bits per heavy atom. The molecule has 12 heteroatoms. The Bertz CT molecular complexity index is 1740. The van der Waals surface area contributed by atoms with E-state index in [9.17, 15) is 8.42 Å². The number of nitrogens with one attached hydrogen (secondary N) is 1. The summed E-state index contributed by atoms with van der Waals surface area (Å²) in [6, 6.07) is 8.52. The highest BCUT2D eigenvalue weighted by atomic mass is 32.2. The molecule has 0 atom stereocenters. The number of ether oxygens (including phenoxy) is 1. The molecular weight excluding hydrogens is 492 g/mol. The van der Waals surface area contributed by atoms with Crippen molar-refractivity contribution in [3.05, 3.63) is 60.8 Å². The fraction of sp³-hybridized carbons (Fsp3) is 0.280. The van der Waals surface area contributed by atoms with Crippen molar-refractivity contribution in [3.63, 3.8) is 0 Å². The fourth-order valence-electron chi connectivity index (χ4n) is 4.77. The van der Waals surface area contributed by atoms with Crippen LogP contribution in [-0.4, -0.2) is 76.5 Å². The highest BCUT2D eigenvalue weighted by molar-refractivity contribution is 7.89. The summed E-state index contributed by atoms with van der Waals surface area (Å²) < 4.78 is 38.0. The lowest BCUT2D eigenvalue weighted by Gasteiger charge is -2.36. The van der Waals surface area contributed by atoms with E-state index in [0.717, 1.165) is 35.2 Å². The average Bonchev–Trinajstić information content (AvgIpc) is 3.46. The predicted octanol–water partition coefficient (Wildman–Crippen LogP) is 2.29. The minimum atomic E-state index is -3.72. The first kappa shape index (κ1) is 23.5. The number of sulfonamides is 1. The number of hydrogen-bond donors (Lipinski definition) is 1. The van der Waals surface area contributed by atoms with E-state index in [1.165, 1.54) is 0 Å². The lowest BCUT2D eigenvalue weighted by Crippen LogP contribution is -2.49. The molecule has 1 N–H and O–H groups in total. The smallest absolute Gasteiger partial charge is 0.240 e. The van der Waals surface area contributed by atoms with Crippen molar-refractivity contribution < 1.29 is 13.2 Å². The maximum Gasteiger partial charge on any atom is 0.240 e. The molecule has 1 aromatic carbocycles. The highest BCUT2D eigenvalue weighted by Gasteiger charge is 2.26. The molecule has 5 aromatic rings. The molecule has 0 aliphatic carbocycles. The van der Waals surface area contributed by atoms with Crippen molar-refractivity contribution in [1.29, 1.82) is 0 Å². The van der Waals surface area contributed by atoms with Crippen LogP contribution >= 0.6 is 0 Å². The number of aromatic nitrogens is 6. The van der Waals surface area contributed by atoms with E-state index in [0.29, 0.717) is 35.2 Å². The van der Waals surface area contributed by atoms with Gasteiger partial charge in [0, 0.05) is 43.6 Å². The Morgan fingerprint density at radius 3 is 2.78 bits per heavy atom. The second kappa shape index (κ2) is 8.91. The van der Waals surface area contributed by atoms with Crippen LogP contribution in [0.2, 0.25) is 0 Å². The van der Waals surface area contributed by atoms with Crippen LogP contribution in [0.15, 0.2) is 60.0 Å². The molecule has 0 amide bonds. The molecule has 190 valence electrons. The lowest BCUT2D eigenvalue weighted by molar-refractivity contribution is 0.138. The van der Waals surface area contributed by atoms with Crippen LogP contribution in [0.25, 0.3) is 33.5 Å². The van der Waals surface area contributed by atoms with E-state index in [-0.39, 0.29) is 4.90 Å². The molecule has 0 saturated carbocycles. The number of nitrogens with zero attached hydrogens (tertiary/aromatic N) is 7. The number of hydrogen-bond acceptors (Lipinski definition) is 8. The molecule has 1 fully saturated rings. The topological polar surface area (TPSA) is 120 Å².